The lowest BCUT2D eigenvalue weighted by atomic mass is 9.87. The van der Waals surface area contributed by atoms with E-state index in [0.29, 0.717) is 24.3 Å². The minimum Gasteiger partial charge on any atom is -0.453 e. The van der Waals surface area contributed by atoms with Crippen LogP contribution in [0.2, 0.25) is 0 Å². The van der Waals surface area contributed by atoms with Crippen molar-refractivity contribution in [2.24, 2.45) is 11.7 Å². The molecule has 2 aliphatic rings. The number of nitrogen functional groups attached to an aromatic ring is 1. The third kappa shape index (κ3) is 6.57. The van der Waals surface area contributed by atoms with Crippen molar-refractivity contribution in [1.29, 1.82) is 0 Å². The number of hydrogen-bond donors (Lipinski definition) is 3. The van der Waals surface area contributed by atoms with Gasteiger partial charge in [0.05, 0.1) is 24.4 Å². The van der Waals surface area contributed by atoms with Crippen molar-refractivity contribution in [2.75, 3.05) is 44.0 Å². The number of anilines is 2. The van der Waals surface area contributed by atoms with Gasteiger partial charge in [0.2, 0.25) is 0 Å². The van der Waals surface area contributed by atoms with Crippen molar-refractivity contribution in [2.45, 2.75) is 43.9 Å². The maximum atomic E-state index is 15.4. The minimum absolute atomic E-state index is 0.0814. The number of halogens is 4. The van der Waals surface area contributed by atoms with Crippen LogP contribution in [0.4, 0.5) is 33.7 Å². The first-order chi connectivity index (χ1) is 21.4. The monoisotopic (exact) mass is 630 g/mol. The highest BCUT2D eigenvalue weighted by atomic mass is 19.1. The molecule has 240 valence electrons. The molecule has 2 aliphatic heterocycles. The van der Waals surface area contributed by atoms with E-state index in [4.69, 9.17) is 20.9 Å². The van der Waals surface area contributed by atoms with Crippen LogP contribution in [0.3, 0.4) is 0 Å². The van der Waals surface area contributed by atoms with Crippen LogP contribution in [0.15, 0.2) is 36.7 Å². The molecular weight excluding hydrogens is 596 g/mol. The molecule has 2 saturated heterocycles. The Kier molecular flexibility index (Phi) is 9.26. The molecule has 0 radical (unpaired) electrons. The number of piperidine rings is 1. The van der Waals surface area contributed by atoms with E-state index in [2.05, 4.69) is 15.3 Å². The molecule has 1 amide bonds. The molecule has 0 bridgehead atoms. The van der Waals surface area contributed by atoms with Crippen LogP contribution in [-0.4, -0.2) is 67.3 Å². The van der Waals surface area contributed by atoms with Gasteiger partial charge in [0.25, 0.3) is 0 Å². The average Bonchev–Trinajstić information content (AvgIpc) is 3.00. The zero-order chi connectivity index (χ0) is 32.5. The lowest BCUT2D eigenvalue weighted by molar-refractivity contribution is -0.0117. The number of Topliss-reactive ketones (excluding diaryl/α,β-unsaturated/α-hetero) is 1. The number of nitrogens with one attached hydrogen (secondary N) is 1. The molecule has 2 aromatic heterocycles. The molecule has 45 heavy (non-hydrogen) atoms. The zero-order valence-corrected chi connectivity index (χ0v) is 24.8. The van der Waals surface area contributed by atoms with Gasteiger partial charge in [-0.05, 0) is 29.7 Å². The van der Waals surface area contributed by atoms with E-state index in [1.165, 1.54) is 13.3 Å². The second-order valence-corrected chi connectivity index (χ2v) is 11.5. The molecule has 0 spiro atoms. The number of alkyl carbamates (subject to hydrolysis) is 1. The van der Waals surface area contributed by atoms with Gasteiger partial charge in [-0.1, -0.05) is 6.92 Å². The lowest BCUT2D eigenvalue weighted by Gasteiger charge is -2.42. The molecule has 10 nitrogen and oxygen atoms in total. The standard InChI is InChI=1S/C31H34F4N6O4/c1-16-14-41(15-23(37)27(16)40-30(43)44-2)24-3-6-38-13-17(24)9-25(42)29-22(36)12-21(34)28(39-29)26-19(32)10-18(11-20(26)33)31(35)4-7-45-8-5-31/h3,6,10-13,16,23,27H,4-5,7-9,14-15,36-37H2,1-2H3,(H,40,43)/t16-,23+,27-/m0/s1. The first-order valence-electron chi connectivity index (χ1n) is 14.5. The third-order valence-corrected chi connectivity index (χ3v) is 8.40. The Balaban J connectivity index is 1.41. The number of aromatic nitrogens is 2. The van der Waals surface area contributed by atoms with Crippen molar-refractivity contribution in [1.82, 2.24) is 15.3 Å². The molecule has 0 saturated carbocycles. The molecule has 3 aromatic rings. The molecule has 1 aromatic carbocycles. The van der Waals surface area contributed by atoms with E-state index in [9.17, 15) is 9.59 Å². The van der Waals surface area contributed by atoms with Gasteiger partial charge in [0, 0.05) is 81.3 Å². The van der Waals surface area contributed by atoms with Crippen LogP contribution in [0, 0.1) is 23.4 Å². The molecule has 2 fully saturated rings. The molecule has 0 aliphatic carbocycles. The number of nitrogens with two attached hydrogens (primary N) is 2. The predicted octanol–water partition coefficient (Wildman–Crippen LogP) is 4.05. The number of alkyl halides is 1. The molecule has 14 heteroatoms. The Labute approximate surface area is 257 Å². The maximum Gasteiger partial charge on any atom is 0.407 e. The number of carbonyl (C=O) groups excluding carboxylic acids is 2. The van der Waals surface area contributed by atoms with Crippen LogP contribution in [0.1, 0.15) is 41.4 Å². The topological polar surface area (TPSA) is 146 Å². The number of ketones is 1. The summed E-state index contributed by atoms with van der Waals surface area (Å²) >= 11 is 0. The predicted molar refractivity (Wildman–Crippen MR) is 158 cm³/mol. The van der Waals surface area contributed by atoms with Gasteiger partial charge < -0.3 is 31.2 Å². The van der Waals surface area contributed by atoms with E-state index < -0.39 is 52.3 Å². The molecule has 4 heterocycles. The van der Waals surface area contributed by atoms with Gasteiger partial charge >= 0.3 is 6.09 Å². The van der Waals surface area contributed by atoms with Crippen molar-refractivity contribution in [3.63, 3.8) is 0 Å². The van der Waals surface area contributed by atoms with Crippen molar-refractivity contribution in [3.8, 4) is 11.3 Å². The number of hydrogen-bond acceptors (Lipinski definition) is 9. The summed E-state index contributed by atoms with van der Waals surface area (Å²) in [4.78, 5) is 35.4. The van der Waals surface area contributed by atoms with Crippen LogP contribution in [-0.2, 0) is 21.6 Å². The SMILES string of the molecule is COC(=O)N[C@@H]1[C@H](N)CN(c2ccncc2CC(=O)c2nc(-c3c(F)cc(C4(F)CCOCC4)cc3F)c(F)cc2N)C[C@@H]1C. The van der Waals surface area contributed by atoms with Crippen molar-refractivity contribution < 1.29 is 36.6 Å². The summed E-state index contributed by atoms with van der Waals surface area (Å²) in [5.41, 5.74) is 8.96. The third-order valence-electron chi connectivity index (χ3n) is 8.40. The fraction of sp³-hybridized carbons (Fsp3) is 0.419. The van der Waals surface area contributed by atoms with Crippen LogP contribution < -0.4 is 21.7 Å². The highest BCUT2D eigenvalue weighted by Gasteiger charge is 2.37. The summed E-state index contributed by atoms with van der Waals surface area (Å²) in [5.74, 6) is -4.34. The molecule has 5 N–H and O–H groups in total. The molecular formula is C31H34F4N6O4. The van der Waals surface area contributed by atoms with Gasteiger partial charge in [0.1, 0.15) is 28.7 Å². The Morgan fingerprint density at radius 1 is 1.13 bits per heavy atom. The Bertz CT molecular complexity index is 1570. The summed E-state index contributed by atoms with van der Waals surface area (Å²) in [6, 6.07) is 3.33. The highest BCUT2D eigenvalue weighted by Crippen LogP contribution is 2.39. The van der Waals surface area contributed by atoms with Gasteiger partial charge in [-0.3, -0.25) is 9.78 Å². The van der Waals surface area contributed by atoms with Gasteiger partial charge in [-0.25, -0.2) is 27.3 Å². The van der Waals surface area contributed by atoms with Crippen LogP contribution in [0.5, 0.6) is 0 Å². The summed E-state index contributed by atoms with van der Waals surface area (Å²) in [5, 5.41) is 2.76. The van der Waals surface area contributed by atoms with Gasteiger partial charge in [-0.15, -0.1) is 0 Å². The summed E-state index contributed by atoms with van der Waals surface area (Å²) in [6.45, 7) is 2.93. The number of ether oxygens (including phenoxy) is 2. The summed E-state index contributed by atoms with van der Waals surface area (Å²) in [7, 11) is 1.27. The Morgan fingerprint density at radius 3 is 2.47 bits per heavy atom. The molecule has 5 rings (SSSR count). The smallest absolute Gasteiger partial charge is 0.407 e. The zero-order valence-electron chi connectivity index (χ0n) is 24.8. The highest BCUT2D eigenvalue weighted by molar-refractivity contribution is 6.01. The van der Waals surface area contributed by atoms with Gasteiger partial charge in [-0.2, -0.15) is 0 Å². The van der Waals surface area contributed by atoms with Crippen molar-refractivity contribution in [3.05, 3.63) is 70.9 Å². The number of nitrogens with zero attached hydrogens (tertiary/aromatic N) is 3. The van der Waals surface area contributed by atoms with Crippen molar-refractivity contribution >= 4 is 23.3 Å². The quantitative estimate of drug-likeness (QED) is 0.260. The maximum absolute atomic E-state index is 15.4. The first-order valence-corrected chi connectivity index (χ1v) is 14.5. The molecule has 0 unspecified atom stereocenters. The van der Waals surface area contributed by atoms with Crippen LogP contribution in [0.25, 0.3) is 11.3 Å². The second kappa shape index (κ2) is 13.0. The van der Waals surface area contributed by atoms with E-state index >= 15 is 17.6 Å². The fourth-order valence-electron chi connectivity index (χ4n) is 6.03. The first kappa shape index (κ1) is 32.1. The summed E-state index contributed by atoms with van der Waals surface area (Å²) in [6.07, 6.45) is 2.02. The van der Waals surface area contributed by atoms with E-state index in [1.54, 1.807) is 12.3 Å². The summed E-state index contributed by atoms with van der Waals surface area (Å²) < 4.78 is 70.9. The molecule has 3 atom stereocenters. The Morgan fingerprint density at radius 2 is 1.82 bits per heavy atom. The van der Waals surface area contributed by atoms with Crippen LogP contribution >= 0.6 is 0 Å². The lowest BCUT2D eigenvalue weighted by Crippen LogP contribution is -2.62. The fourth-order valence-corrected chi connectivity index (χ4v) is 6.03. The number of rotatable bonds is 7. The average molecular weight is 631 g/mol. The minimum atomic E-state index is -2.00. The number of pyridine rings is 2. The normalized spacial score (nSPS) is 21.3. The number of methoxy groups -OCH3 is 1. The van der Waals surface area contributed by atoms with E-state index in [0.717, 1.165) is 18.2 Å². The number of benzene rings is 1. The van der Waals surface area contributed by atoms with E-state index in [1.807, 2.05) is 11.8 Å². The largest absolute Gasteiger partial charge is 0.453 e. The van der Waals surface area contributed by atoms with E-state index in [-0.39, 0.29) is 61.4 Å². The number of amides is 1. The second-order valence-electron chi connectivity index (χ2n) is 11.5. The van der Waals surface area contributed by atoms with Gasteiger partial charge in [0.15, 0.2) is 11.6 Å². The number of carbonyl (C=O) groups is 2. The Hall–Kier alpha value is -4.30.